The fourth-order valence-electron chi connectivity index (χ4n) is 2.46. The molecule has 2 aromatic rings. The second-order valence-corrected chi connectivity index (χ2v) is 5.45. The van der Waals surface area contributed by atoms with E-state index in [4.69, 9.17) is 0 Å². The summed E-state index contributed by atoms with van der Waals surface area (Å²) in [6, 6.07) is 5.32. The highest BCUT2D eigenvalue weighted by Crippen LogP contribution is 2.12. The zero-order chi connectivity index (χ0) is 16.8. The molecule has 2 N–H and O–H groups in total. The molecule has 6 heteroatoms. The average Bonchev–Trinajstić information content (AvgIpc) is 2.63. The number of H-pyrrole nitrogens is 1. The maximum absolute atomic E-state index is 12.1. The third kappa shape index (κ3) is 3.84. The highest BCUT2D eigenvalue weighted by atomic mass is 16.2. The number of nitrogens with zero attached hydrogens (tertiary/aromatic N) is 2. The number of hydrogen-bond donors (Lipinski definition) is 2. The quantitative estimate of drug-likeness (QED) is 0.883. The molecule has 1 amide bonds. The minimum atomic E-state index is -0.472. The fourth-order valence-corrected chi connectivity index (χ4v) is 2.46. The molecule has 0 saturated carbocycles. The molecule has 2 heterocycles. The molecule has 1 aliphatic carbocycles. The Kier molecular flexibility index (Phi) is 4.96. The van der Waals surface area contributed by atoms with Crippen LogP contribution >= 0.6 is 0 Å². The molecule has 1 aliphatic rings. The first-order chi connectivity index (χ1) is 11.7. The number of amides is 1. The van der Waals surface area contributed by atoms with Crippen LogP contribution in [0.4, 0.5) is 0 Å². The van der Waals surface area contributed by atoms with Gasteiger partial charge in [0.2, 0.25) is 0 Å². The van der Waals surface area contributed by atoms with Crippen molar-refractivity contribution in [2.24, 2.45) is 0 Å². The van der Waals surface area contributed by atoms with Gasteiger partial charge in [-0.25, -0.2) is 4.98 Å². The lowest BCUT2D eigenvalue weighted by Gasteiger charge is -2.08. The normalized spacial score (nSPS) is 13.4. The third-order valence-electron chi connectivity index (χ3n) is 3.72. The molecule has 122 valence electrons. The number of carbonyl (C=O) groups excluding carboxylic acids is 1. The molecule has 0 bridgehead atoms. The predicted octanol–water partition coefficient (Wildman–Crippen LogP) is 2.23. The van der Waals surface area contributed by atoms with Crippen molar-refractivity contribution in [3.8, 4) is 11.5 Å². The Morgan fingerprint density at radius 1 is 1.25 bits per heavy atom. The number of pyridine rings is 1. The van der Waals surface area contributed by atoms with E-state index in [1.807, 2.05) is 0 Å². The molecule has 0 aliphatic heterocycles. The van der Waals surface area contributed by atoms with E-state index in [0.717, 1.165) is 19.3 Å². The molecule has 0 unspecified atom stereocenters. The third-order valence-corrected chi connectivity index (χ3v) is 3.72. The Hall–Kier alpha value is -3.02. The van der Waals surface area contributed by atoms with E-state index >= 15 is 0 Å². The van der Waals surface area contributed by atoms with Gasteiger partial charge in [-0.2, -0.15) is 0 Å². The molecule has 0 fully saturated rings. The standard InChI is InChI=1S/C18H18N4O2/c23-17(20-11-9-13-6-2-1-3-7-13)14-12-21-16(22-18(14)24)15-8-4-5-10-19-15/h2,4-8,10,12H,1,3,9,11H2,(H,20,23)(H,21,22,24). The Morgan fingerprint density at radius 3 is 2.88 bits per heavy atom. The van der Waals surface area contributed by atoms with Crippen molar-refractivity contribution in [3.05, 3.63) is 70.3 Å². The van der Waals surface area contributed by atoms with Gasteiger partial charge in [0, 0.05) is 18.9 Å². The lowest BCUT2D eigenvalue weighted by atomic mass is 10.0. The van der Waals surface area contributed by atoms with Gasteiger partial charge in [0.15, 0.2) is 5.82 Å². The maximum atomic E-state index is 12.1. The van der Waals surface area contributed by atoms with Crippen molar-refractivity contribution in [1.29, 1.82) is 0 Å². The van der Waals surface area contributed by atoms with Crippen molar-refractivity contribution in [3.63, 3.8) is 0 Å². The molecule has 3 rings (SSSR count). The molecular weight excluding hydrogens is 304 g/mol. The smallest absolute Gasteiger partial charge is 0.264 e. The van der Waals surface area contributed by atoms with Crippen LogP contribution in [0.2, 0.25) is 0 Å². The second kappa shape index (κ2) is 7.50. The molecule has 0 spiro atoms. The summed E-state index contributed by atoms with van der Waals surface area (Å²) in [5, 5.41) is 2.76. The van der Waals surface area contributed by atoms with E-state index in [-0.39, 0.29) is 5.56 Å². The zero-order valence-corrected chi connectivity index (χ0v) is 13.2. The molecule has 6 nitrogen and oxygen atoms in total. The Labute approximate surface area is 139 Å². The average molecular weight is 322 g/mol. The Morgan fingerprint density at radius 2 is 2.17 bits per heavy atom. The van der Waals surface area contributed by atoms with Gasteiger partial charge >= 0.3 is 0 Å². The largest absolute Gasteiger partial charge is 0.351 e. The first kappa shape index (κ1) is 15.9. The van der Waals surface area contributed by atoms with Crippen LogP contribution < -0.4 is 10.9 Å². The summed E-state index contributed by atoms with van der Waals surface area (Å²) in [4.78, 5) is 35.1. The first-order valence-electron chi connectivity index (χ1n) is 7.88. The van der Waals surface area contributed by atoms with Crippen LogP contribution in [0.15, 0.2) is 59.2 Å². The van der Waals surface area contributed by atoms with Crippen LogP contribution in [0, 0.1) is 0 Å². The Bertz CT molecular complexity index is 838. The summed E-state index contributed by atoms with van der Waals surface area (Å²) in [7, 11) is 0. The van der Waals surface area contributed by atoms with E-state index in [2.05, 4.69) is 38.5 Å². The summed E-state index contributed by atoms with van der Waals surface area (Å²) < 4.78 is 0. The summed E-state index contributed by atoms with van der Waals surface area (Å²) in [6.07, 6.45) is 12.1. The van der Waals surface area contributed by atoms with Crippen molar-refractivity contribution >= 4 is 5.91 Å². The van der Waals surface area contributed by atoms with Gasteiger partial charge in [0.1, 0.15) is 11.3 Å². The molecule has 2 aromatic heterocycles. The second-order valence-electron chi connectivity index (χ2n) is 5.45. The molecule has 0 aromatic carbocycles. The van der Waals surface area contributed by atoms with Crippen LogP contribution in [0.25, 0.3) is 11.5 Å². The van der Waals surface area contributed by atoms with Crippen molar-refractivity contribution in [2.45, 2.75) is 19.3 Å². The van der Waals surface area contributed by atoms with Gasteiger partial charge in [-0.15, -0.1) is 0 Å². The van der Waals surface area contributed by atoms with Gasteiger partial charge in [-0.1, -0.05) is 29.9 Å². The van der Waals surface area contributed by atoms with Gasteiger partial charge in [-0.05, 0) is 31.4 Å². The van der Waals surface area contributed by atoms with Crippen molar-refractivity contribution in [1.82, 2.24) is 20.3 Å². The number of aromatic nitrogens is 3. The van der Waals surface area contributed by atoms with Crippen LogP contribution in [0.5, 0.6) is 0 Å². The summed E-state index contributed by atoms with van der Waals surface area (Å²) >= 11 is 0. The highest BCUT2D eigenvalue weighted by Gasteiger charge is 2.12. The lowest BCUT2D eigenvalue weighted by Crippen LogP contribution is -2.31. The lowest BCUT2D eigenvalue weighted by molar-refractivity contribution is 0.0952. The van der Waals surface area contributed by atoms with Gasteiger partial charge in [0.05, 0.1) is 0 Å². The van der Waals surface area contributed by atoms with E-state index in [9.17, 15) is 9.59 Å². The minimum Gasteiger partial charge on any atom is -0.351 e. The molecular formula is C18H18N4O2. The summed E-state index contributed by atoms with van der Waals surface area (Å²) in [5.74, 6) is -0.0774. The van der Waals surface area contributed by atoms with E-state index in [1.54, 1.807) is 24.4 Å². The zero-order valence-electron chi connectivity index (χ0n) is 13.2. The predicted molar refractivity (Wildman–Crippen MR) is 91.5 cm³/mol. The van der Waals surface area contributed by atoms with Crippen LogP contribution in [-0.2, 0) is 0 Å². The van der Waals surface area contributed by atoms with E-state index in [1.165, 1.54) is 11.8 Å². The number of carbonyl (C=O) groups is 1. The topological polar surface area (TPSA) is 87.7 Å². The summed E-state index contributed by atoms with van der Waals surface area (Å²) in [5.41, 5.74) is 1.29. The van der Waals surface area contributed by atoms with Gasteiger partial charge < -0.3 is 10.3 Å². The molecule has 0 radical (unpaired) electrons. The maximum Gasteiger partial charge on any atom is 0.264 e. The van der Waals surface area contributed by atoms with Gasteiger partial charge in [0.25, 0.3) is 11.5 Å². The van der Waals surface area contributed by atoms with Gasteiger partial charge in [-0.3, -0.25) is 14.6 Å². The Balaban J connectivity index is 1.64. The number of aromatic amines is 1. The van der Waals surface area contributed by atoms with Crippen LogP contribution in [0.3, 0.4) is 0 Å². The molecule has 0 atom stereocenters. The van der Waals surface area contributed by atoms with E-state index < -0.39 is 11.5 Å². The fraction of sp³-hybridized carbons (Fsp3) is 0.222. The minimum absolute atomic E-state index is 0.00264. The molecule has 24 heavy (non-hydrogen) atoms. The first-order valence-corrected chi connectivity index (χ1v) is 7.88. The van der Waals surface area contributed by atoms with Crippen LogP contribution in [0.1, 0.15) is 29.6 Å². The number of hydrogen-bond acceptors (Lipinski definition) is 4. The van der Waals surface area contributed by atoms with Crippen LogP contribution in [-0.4, -0.2) is 27.4 Å². The number of nitrogens with one attached hydrogen (secondary N) is 2. The SMILES string of the molecule is O=C(NCCC1=CCCC=C1)c1cnc(-c2ccccn2)[nH]c1=O. The summed E-state index contributed by atoms with van der Waals surface area (Å²) in [6.45, 7) is 0.483. The van der Waals surface area contributed by atoms with E-state index in [0.29, 0.717) is 18.1 Å². The molecule has 0 saturated heterocycles. The number of allylic oxidation sites excluding steroid dienone is 3. The number of rotatable bonds is 5. The monoisotopic (exact) mass is 322 g/mol. The van der Waals surface area contributed by atoms with Crippen molar-refractivity contribution in [2.75, 3.05) is 6.54 Å². The van der Waals surface area contributed by atoms with Crippen molar-refractivity contribution < 1.29 is 4.79 Å². The highest BCUT2D eigenvalue weighted by molar-refractivity contribution is 5.93.